The molecule has 0 heterocycles. The Hall–Kier alpha value is -2.62. The van der Waals surface area contributed by atoms with Crippen LogP contribution in [0.5, 0.6) is 11.5 Å². The summed E-state index contributed by atoms with van der Waals surface area (Å²) in [6, 6.07) is 15.2. The van der Waals surface area contributed by atoms with Crippen molar-refractivity contribution in [2.24, 2.45) is 10.3 Å². The highest BCUT2D eigenvalue weighted by Gasteiger charge is 1.91. The molecule has 20 heavy (non-hydrogen) atoms. The number of hydrogen-bond donors (Lipinski definition) is 0. The van der Waals surface area contributed by atoms with E-state index in [-0.39, 0.29) is 0 Å². The molecule has 0 atom stereocenters. The summed E-state index contributed by atoms with van der Waals surface area (Å²) in [6.07, 6.45) is 2.85. The smallest absolute Gasteiger partial charge is 0.157 e. The summed E-state index contributed by atoms with van der Waals surface area (Å²) in [4.78, 5) is 10.3. The van der Waals surface area contributed by atoms with Gasteiger partial charge in [-0.15, -0.1) is 0 Å². The zero-order valence-electron chi connectivity index (χ0n) is 11.5. The van der Waals surface area contributed by atoms with E-state index in [9.17, 15) is 0 Å². The Morgan fingerprint density at radius 3 is 1.35 bits per heavy atom. The molecule has 0 aliphatic rings. The van der Waals surface area contributed by atoms with Gasteiger partial charge in [0.05, 0.1) is 12.4 Å². The normalized spacial score (nSPS) is 11.1. The van der Waals surface area contributed by atoms with Crippen LogP contribution in [-0.4, -0.2) is 12.4 Å². The van der Waals surface area contributed by atoms with Crippen molar-refractivity contribution in [3.05, 3.63) is 59.7 Å². The molecule has 0 bridgehead atoms. The Labute approximate surface area is 118 Å². The van der Waals surface area contributed by atoms with Gasteiger partial charge in [-0.25, -0.2) is 0 Å². The van der Waals surface area contributed by atoms with Crippen molar-refractivity contribution in [3.63, 3.8) is 0 Å². The average Bonchev–Trinajstić information content (AvgIpc) is 2.46. The molecule has 0 radical (unpaired) electrons. The number of hydrogen-bond acceptors (Lipinski definition) is 4. The van der Waals surface area contributed by atoms with Gasteiger partial charge >= 0.3 is 0 Å². The topological polar surface area (TPSA) is 43.2 Å². The second-order valence-corrected chi connectivity index (χ2v) is 4.32. The van der Waals surface area contributed by atoms with Gasteiger partial charge in [0.2, 0.25) is 0 Å². The molecule has 0 amide bonds. The lowest BCUT2D eigenvalue weighted by atomic mass is 10.2. The minimum Gasteiger partial charge on any atom is -0.357 e. The van der Waals surface area contributed by atoms with Gasteiger partial charge in [0.25, 0.3) is 0 Å². The second-order valence-electron chi connectivity index (χ2n) is 4.32. The van der Waals surface area contributed by atoms with Crippen molar-refractivity contribution >= 4 is 12.4 Å². The van der Waals surface area contributed by atoms with Crippen LogP contribution in [0.1, 0.15) is 11.1 Å². The molecule has 0 unspecified atom stereocenters. The van der Waals surface area contributed by atoms with E-state index in [0.717, 1.165) is 0 Å². The van der Waals surface area contributed by atoms with E-state index in [0.29, 0.717) is 11.5 Å². The quantitative estimate of drug-likeness (QED) is 0.612. The van der Waals surface area contributed by atoms with Gasteiger partial charge in [0.1, 0.15) is 0 Å². The highest BCUT2D eigenvalue weighted by atomic mass is 16.6. The molecule has 4 nitrogen and oxygen atoms in total. The van der Waals surface area contributed by atoms with Crippen molar-refractivity contribution in [3.8, 4) is 11.5 Å². The van der Waals surface area contributed by atoms with E-state index in [1.54, 1.807) is 0 Å². The van der Waals surface area contributed by atoms with Gasteiger partial charge < -0.3 is 9.68 Å². The number of rotatable bonds is 5. The lowest BCUT2D eigenvalue weighted by molar-refractivity contribution is 0.340. The maximum atomic E-state index is 5.15. The van der Waals surface area contributed by atoms with E-state index >= 15 is 0 Å². The molecule has 0 aliphatic carbocycles. The van der Waals surface area contributed by atoms with Crippen molar-refractivity contribution in [2.45, 2.75) is 13.8 Å². The van der Waals surface area contributed by atoms with Crippen molar-refractivity contribution in [1.29, 1.82) is 0 Å². The predicted molar refractivity (Wildman–Crippen MR) is 80.6 cm³/mol. The average molecular weight is 268 g/mol. The van der Waals surface area contributed by atoms with Crippen LogP contribution in [0.4, 0.5) is 0 Å². The fourth-order valence-corrected chi connectivity index (χ4v) is 1.44. The van der Waals surface area contributed by atoms with E-state index in [1.165, 1.54) is 23.6 Å². The maximum Gasteiger partial charge on any atom is 0.157 e. The highest BCUT2D eigenvalue weighted by molar-refractivity contribution is 6.15. The van der Waals surface area contributed by atoms with E-state index in [1.807, 2.05) is 62.4 Å². The maximum absolute atomic E-state index is 5.15. The summed E-state index contributed by atoms with van der Waals surface area (Å²) in [6.45, 7) is 4.03. The fraction of sp³-hybridized carbons (Fsp3) is 0.125. The SMILES string of the molecule is Cc1ccc(O/N=C/C=N/Oc2ccc(C)cc2)cc1. The van der Waals surface area contributed by atoms with Crippen LogP contribution in [0.2, 0.25) is 0 Å². The summed E-state index contributed by atoms with van der Waals surface area (Å²) in [5.41, 5.74) is 2.35. The molecule has 0 spiro atoms. The first-order valence-electron chi connectivity index (χ1n) is 6.27. The molecule has 0 aliphatic heterocycles. The second kappa shape index (κ2) is 7.09. The van der Waals surface area contributed by atoms with Crippen molar-refractivity contribution < 1.29 is 9.68 Å². The molecule has 4 heteroatoms. The molecular formula is C16H16N2O2. The first-order chi connectivity index (χ1) is 9.74. The summed E-state index contributed by atoms with van der Waals surface area (Å²) in [7, 11) is 0. The molecule has 0 saturated heterocycles. The molecule has 0 N–H and O–H groups in total. The Morgan fingerprint density at radius 1 is 0.650 bits per heavy atom. The van der Waals surface area contributed by atoms with Crippen LogP contribution < -0.4 is 9.68 Å². The van der Waals surface area contributed by atoms with Gasteiger partial charge in [-0.05, 0) is 38.1 Å². The molecule has 2 aromatic carbocycles. The Bertz CT molecular complexity index is 531. The van der Waals surface area contributed by atoms with Crippen LogP contribution in [0.25, 0.3) is 0 Å². The van der Waals surface area contributed by atoms with Gasteiger partial charge in [0.15, 0.2) is 11.5 Å². The third kappa shape index (κ3) is 4.57. The summed E-state index contributed by atoms with van der Waals surface area (Å²) < 4.78 is 0. The number of oxime groups is 2. The van der Waals surface area contributed by atoms with E-state index in [4.69, 9.17) is 9.68 Å². The Morgan fingerprint density at radius 2 is 1.00 bits per heavy atom. The molecule has 0 saturated carbocycles. The van der Waals surface area contributed by atoms with Crippen LogP contribution in [0.3, 0.4) is 0 Å². The standard InChI is InChI=1S/C16H16N2O2/c1-13-3-7-15(8-4-13)19-17-11-12-18-20-16-9-5-14(2)6-10-16/h3-12H,1-2H3/b17-11+,18-12+. The van der Waals surface area contributed by atoms with Crippen LogP contribution >= 0.6 is 0 Å². The van der Waals surface area contributed by atoms with Crippen LogP contribution in [0, 0.1) is 13.8 Å². The number of aryl methyl sites for hydroxylation is 2. The first kappa shape index (κ1) is 13.8. The molecule has 102 valence electrons. The zero-order valence-corrected chi connectivity index (χ0v) is 11.5. The first-order valence-corrected chi connectivity index (χ1v) is 6.27. The fourth-order valence-electron chi connectivity index (χ4n) is 1.44. The van der Waals surface area contributed by atoms with Gasteiger partial charge in [-0.1, -0.05) is 45.7 Å². The van der Waals surface area contributed by atoms with E-state index in [2.05, 4.69) is 10.3 Å². The summed E-state index contributed by atoms with van der Waals surface area (Å²) >= 11 is 0. The van der Waals surface area contributed by atoms with Crippen LogP contribution in [0.15, 0.2) is 58.8 Å². The van der Waals surface area contributed by atoms with Gasteiger partial charge in [0, 0.05) is 0 Å². The largest absolute Gasteiger partial charge is 0.357 e. The highest BCUT2D eigenvalue weighted by Crippen LogP contribution is 2.12. The van der Waals surface area contributed by atoms with Crippen molar-refractivity contribution in [2.75, 3.05) is 0 Å². The molecule has 0 fully saturated rings. The minimum absolute atomic E-state index is 0.680. The van der Waals surface area contributed by atoms with E-state index < -0.39 is 0 Å². The third-order valence-electron chi connectivity index (χ3n) is 2.55. The van der Waals surface area contributed by atoms with Crippen LogP contribution in [-0.2, 0) is 0 Å². The summed E-state index contributed by atoms with van der Waals surface area (Å²) in [5, 5.41) is 7.52. The monoisotopic (exact) mass is 268 g/mol. The van der Waals surface area contributed by atoms with Gasteiger partial charge in [-0.3, -0.25) is 0 Å². The minimum atomic E-state index is 0.680. The lowest BCUT2D eigenvalue weighted by Crippen LogP contribution is -1.88. The number of nitrogens with zero attached hydrogens (tertiary/aromatic N) is 2. The Balaban J connectivity index is 1.76. The summed E-state index contributed by atoms with van der Waals surface area (Å²) in [5.74, 6) is 1.36. The predicted octanol–water partition coefficient (Wildman–Crippen LogP) is 3.73. The number of benzene rings is 2. The lowest BCUT2D eigenvalue weighted by Gasteiger charge is -1.98. The molecular weight excluding hydrogens is 252 g/mol. The Kier molecular flexibility index (Phi) is 4.89. The molecule has 2 aromatic rings. The van der Waals surface area contributed by atoms with Gasteiger partial charge in [-0.2, -0.15) is 0 Å². The third-order valence-corrected chi connectivity index (χ3v) is 2.55. The molecule has 2 rings (SSSR count). The zero-order chi connectivity index (χ0) is 14.2. The van der Waals surface area contributed by atoms with Crippen molar-refractivity contribution in [1.82, 2.24) is 0 Å². The molecule has 0 aromatic heterocycles.